The summed E-state index contributed by atoms with van der Waals surface area (Å²) in [6.07, 6.45) is 0.237. The second-order valence-electron chi connectivity index (χ2n) is 2.26. The van der Waals surface area contributed by atoms with E-state index in [1.54, 1.807) is 0 Å². The summed E-state index contributed by atoms with van der Waals surface area (Å²) in [4.78, 5) is 21.5. The van der Waals surface area contributed by atoms with Gasteiger partial charge in [-0.1, -0.05) is 0 Å². The van der Waals surface area contributed by atoms with Gasteiger partial charge in [-0.3, -0.25) is 4.79 Å². The van der Waals surface area contributed by atoms with Gasteiger partial charge in [0.1, 0.15) is 11.3 Å². The number of hydrogen-bond acceptors (Lipinski definition) is 4. The van der Waals surface area contributed by atoms with E-state index in [1.165, 1.54) is 6.92 Å². The number of Topliss-reactive ketones (excluding diaryl/α,β-unsaturated/α-hetero) is 1. The van der Waals surface area contributed by atoms with Crippen LogP contribution in [0.2, 0.25) is 0 Å². The van der Waals surface area contributed by atoms with Crippen molar-refractivity contribution in [2.24, 2.45) is 0 Å². The van der Waals surface area contributed by atoms with Crippen LogP contribution in [0.25, 0.3) is 0 Å². The smallest absolute Gasteiger partial charge is 0.345 e. The SMILES string of the molecule is CC(=O)C1=C(O)CCOC1=O. The van der Waals surface area contributed by atoms with Crippen LogP contribution in [0.15, 0.2) is 11.3 Å². The first-order valence-corrected chi connectivity index (χ1v) is 3.23. The number of carbonyl (C=O) groups is 2. The molecule has 1 aliphatic rings. The molecule has 11 heavy (non-hydrogen) atoms. The molecule has 0 saturated heterocycles. The largest absolute Gasteiger partial charge is 0.511 e. The number of cyclic esters (lactones) is 1. The molecule has 1 heterocycles. The number of rotatable bonds is 1. The Balaban J connectivity index is 3.01. The van der Waals surface area contributed by atoms with Crippen LogP contribution in [0.1, 0.15) is 13.3 Å². The Morgan fingerprint density at radius 1 is 1.64 bits per heavy atom. The van der Waals surface area contributed by atoms with Gasteiger partial charge in [-0.05, 0) is 6.92 Å². The Labute approximate surface area is 63.5 Å². The highest BCUT2D eigenvalue weighted by Crippen LogP contribution is 2.14. The Morgan fingerprint density at radius 2 is 2.27 bits per heavy atom. The zero-order chi connectivity index (χ0) is 8.43. The maximum atomic E-state index is 10.8. The molecule has 0 saturated carbocycles. The van der Waals surface area contributed by atoms with E-state index in [0.717, 1.165) is 0 Å². The molecule has 0 fully saturated rings. The van der Waals surface area contributed by atoms with E-state index < -0.39 is 11.8 Å². The Hall–Kier alpha value is -1.32. The van der Waals surface area contributed by atoms with E-state index in [9.17, 15) is 9.59 Å². The minimum atomic E-state index is -0.721. The van der Waals surface area contributed by atoms with Gasteiger partial charge in [0.05, 0.1) is 6.61 Å². The normalized spacial score (nSPS) is 18.1. The predicted octanol–water partition coefficient (Wildman–Crippen LogP) is 0.334. The Kier molecular flexibility index (Phi) is 1.94. The van der Waals surface area contributed by atoms with Crippen LogP contribution in [0.3, 0.4) is 0 Å². The van der Waals surface area contributed by atoms with Crippen molar-refractivity contribution >= 4 is 11.8 Å². The summed E-state index contributed by atoms with van der Waals surface area (Å²) < 4.78 is 4.54. The summed E-state index contributed by atoms with van der Waals surface area (Å²) in [7, 11) is 0. The van der Waals surface area contributed by atoms with Crippen LogP contribution < -0.4 is 0 Å². The summed E-state index contributed by atoms with van der Waals surface area (Å²) >= 11 is 0. The maximum absolute atomic E-state index is 10.8. The van der Waals surface area contributed by atoms with Gasteiger partial charge in [-0.15, -0.1) is 0 Å². The number of ketones is 1. The number of ether oxygens (including phenoxy) is 1. The molecule has 0 spiro atoms. The number of carbonyl (C=O) groups excluding carboxylic acids is 2. The second-order valence-corrected chi connectivity index (χ2v) is 2.26. The van der Waals surface area contributed by atoms with Crippen molar-refractivity contribution < 1.29 is 19.4 Å². The van der Waals surface area contributed by atoms with E-state index in [0.29, 0.717) is 0 Å². The molecule has 4 nitrogen and oxygen atoms in total. The van der Waals surface area contributed by atoms with Crippen LogP contribution in [-0.4, -0.2) is 23.5 Å². The van der Waals surface area contributed by atoms with Gasteiger partial charge in [-0.25, -0.2) is 4.79 Å². The summed E-state index contributed by atoms with van der Waals surface area (Å²) in [5, 5.41) is 9.07. The van der Waals surface area contributed by atoms with E-state index in [4.69, 9.17) is 5.11 Å². The average Bonchev–Trinajstić information content (AvgIpc) is 1.85. The molecular weight excluding hydrogens is 148 g/mol. The fourth-order valence-electron chi connectivity index (χ4n) is 0.902. The first-order chi connectivity index (χ1) is 5.13. The molecule has 1 aliphatic heterocycles. The molecule has 60 valence electrons. The van der Waals surface area contributed by atoms with Gasteiger partial charge < -0.3 is 9.84 Å². The molecule has 1 N–H and O–H groups in total. The Morgan fingerprint density at radius 3 is 2.64 bits per heavy atom. The molecule has 0 bridgehead atoms. The maximum Gasteiger partial charge on any atom is 0.345 e. The van der Waals surface area contributed by atoms with E-state index in [-0.39, 0.29) is 24.4 Å². The van der Waals surface area contributed by atoms with Crippen LogP contribution in [0, 0.1) is 0 Å². The molecule has 0 amide bonds. The first-order valence-electron chi connectivity index (χ1n) is 3.23. The number of aliphatic hydroxyl groups is 1. The van der Waals surface area contributed by atoms with Crippen LogP contribution in [-0.2, 0) is 14.3 Å². The van der Waals surface area contributed by atoms with Gasteiger partial charge in [0.2, 0.25) is 0 Å². The van der Waals surface area contributed by atoms with Crippen molar-refractivity contribution in [3.05, 3.63) is 11.3 Å². The fraction of sp³-hybridized carbons (Fsp3) is 0.429. The molecule has 1 rings (SSSR count). The van der Waals surface area contributed by atoms with Crippen molar-refractivity contribution in [1.29, 1.82) is 0 Å². The lowest BCUT2D eigenvalue weighted by Gasteiger charge is -2.13. The lowest BCUT2D eigenvalue weighted by atomic mass is 10.1. The minimum Gasteiger partial charge on any atom is -0.511 e. The molecule has 0 radical (unpaired) electrons. The third-order valence-electron chi connectivity index (χ3n) is 1.42. The highest BCUT2D eigenvalue weighted by Gasteiger charge is 2.25. The third kappa shape index (κ3) is 1.39. The zero-order valence-electron chi connectivity index (χ0n) is 6.09. The van der Waals surface area contributed by atoms with Gasteiger partial charge in [0.15, 0.2) is 5.78 Å². The highest BCUT2D eigenvalue weighted by atomic mass is 16.5. The number of esters is 1. The lowest BCUT2D eigenvalue weighted by molar-refractivity contribution is -0.142. The van der Waals surface area contributed by atoms with Crippen molar-refractivity contribution in [2.75, 3.05) is 6.61 Å². The molecular formula is C7H8O4. The van der Waals surface area contributed by atoms with Gasteiger partial charge in [-0.2, -0.15) is 0 Å². The molecule has 0 aromatic carbocycles. The quantitative estimate of drug-likeness (QED) is 0.439. The fourth-order valence-corrected chi connectivity index (χ4v) is 0.902. The van der Waals surface area contributed by atoms with Crippen LogP contribution >= 0.6 is 0 Å². The molecule has 0 atom stereocenters. The average molecular weight is 156 g/mol. The number of hydrogen-bond donors (Lipinski definition) is 1. The van der Waals surface area contributed by atoms with Crippen LogP contribution in [0.5, 0.6) is 0 Å². The molecule has 0 aliphatic carbocycles. The molecule has 0 unspecified atom stereocenters. The molecule has 0 aromatic rings. The van der Waals surface area contributed by atoms with Crippen molar-refractivity contribution in [2.45, 2.75) is 13.3 Å². The highest BCUT2D eigenvalue weighted by molar-refractivity contribution is 6.17. The lowest BCUT2D eigenvalue weighted by Crippen LogP contribution is -2.21. The summed E-state index contributed by atoms with van der Waals surface area (Å²) in [6, 6.07) is 0. The molecule has 0 aromatic heterocycles. The summed E-state index contributed by atoms with van der Waals surface area (Å²) in [5.41, 5.74) is -0.212. The first kappa shape index (κ1) is 7.78. The van der Waals surface area contributed by atoms with Crippen molar-refractivity contribution in [3.8, 4) is 0 Å². The topological polar surface area (TPSA) is 63.6 Å². The predicted molar refractivity (Wildman–Crippen MR) is 35.9 cm³/mol. The van der Waals surface area contributed by atoms with E-state index in [1.807, 2.05) is 0 Å². The molecule has 4 heteroatoms. The standard InChI is InChI=1S/C7H8O4/c1-4(8)6-5(9)2-3-11-7(6)10/h9H,2-3H2,1H3. The van der Waals surface area contributed by atoms with Crippen molar-refractivity contribution in [3.63, 3.8) is 0 Å². The summed E-state index contributed by atoms with van der Waals surface area (Å²) in [5.74, 6) is -1.33. The van der Waals surface area contributed by atoms with Crippen molar-refractivity contribution in [1.82, 2.24) is 0 Å². The summed E-state index contributed by atoms with van der Waals surface area (Å²) in [6.45, 7) is 1.37. The monoisotopic (exact) mass is 156 g/mol. The van der Waals surface area contributed by atoms with Crippen LogP contribution in [0.4, 0.5) is 0 Å². The number of aliphatic hydroxyl groups excluding tert-OH is 1. The van der Waals surface area contributed by atoms with Gasteiger partial charge >= 0.3 is 5.97 Å². The Bertz CT molecular complexity index is 239. The van der Waals surface area contributed by atoms with E-state index >= 15 is 0 Å². The zero-order valence-corrected chi connectivity index (χ0v) is 6.09. The third-order valence-corrected chi connectivity index (χ3v) is 1.42. The van der Waals surface area contributed by atoms with E-state index in [2.05, 4.69) is 4.74 Å². The van der Waals surface area contributed by atoms with Gasteiger partial charge in [0, 0.05) is 6.42 Å². The minimum absolute atomic E-state index is 0.154. The second kappa shape index (κ2) is 2.74. The van der Waals surface area contributed by atoms with Gasteiger partial charge in [0.25, 0.3) is 0 Å².